The lowest BCUT2D eigenvalue weighted by Gasteiger charge is -2.43. The molecule has 1 heterocycles. The number of ether oxygens (including phenoxy) is 1. The Morgan fingerprint density at radius 3 is 2.58 bits per heavy atom. The molecule has 0 spiro atoms. The summed E-state index contributed by atoms with van der Waals surface area (Å²) >= 11 is 0. The summed E-state index contributed by atoms with van der Waals surface area (Å²) in [5.74, 6) is 0.945. The summed E-state index contributed by atoms with van der Waals surface area (Å²) in [6.07, 6.45) is 0.843. The molecule has 4 nitrogen and oxygen atoms in total. The van der Waals surface area contributed by atoms with E-state index in [2.05, 4.69) is 55.7 Å². The van der Waals surface area contributed by atoms with Gasteiger partial charge in [-0.05, 0) is 36.0 Å². The molecule has 1 aliphatic heterocycles. The number of piperazine rings is 1. The molecule has 136 valence electrons. The van der Waals surface area contributed by atoms with Crippen molar-refractivity contribution in [2.45, 2.75) is 46.7 Å². The van der Waals surface area contributed by atoms with Crippen molar-refractivity contribution in [3.63, 3.8) is 0 Å². The molecule has 1 aromatic carbocycles. The maximum Gasteiger partial charge on any atom is 0.121 e. The maximum atomic E-state index is 9.47. The van der Waals surface area contributed by atoms with Crippen molar-refractivity contribution in [1.29, 1.82) is 0 Å². The zero-order valence-corrected chi connectivity index (χ0v) is 16.0. The van der Waals surface area contributed by atoms with Crippen LogP contribution in [0.5, 0.6) is 5.75 Å². The zero-order chi connectivity index (χ0) is 17.7. The molecule has 0 bridgehead atoms. The molecule has 1 atom stereocenters. The van der Waals surface area contributed by atoms with E-state index in [0.717, 1.165) is 44.9 Å². The van der Waals surface area contributed by atoms with Gasteiger partial charge in [-0.1, -0.05) is 32.9 Å². The third-order valence-corrected chi connectivity index (χ3v) is 4.69. The second-order valence-corrected chi connectivity index (χ2v) is 8.24. The Morgan fingerprint density at radius 1 is 1.25 bits per heavy atom. The van der Waals surface area contributed by atoms with Crippen molar-refractivity contribution in [3.8, 4) is 5.75 Å². The van der Waals surface area contributed by atoms with Crippen molar-refractivity contribution in [1.82, 2.24) is 9.80 Å². The van der Waals surface area contributed by atoms with Crippen LogP contribution in [0.2, 0.25) is 0 Å². The molecular weight excluding hydrogens is 300 g/mol. The molecule has 1 fully saturated rings. The highest BCUT2D eigenvalue weighted by Gasteiger charge is 2.28. The van der Waals surface area contributed by atoms with Gasteiger partial charge in [0, 0.05) is 45.4 Å². The summed E-state index contributed by atoms with van der Waals surface area (Å²) in [5, 5.41) is 9.47. The number of aliphatic hydroxyl groups is 1. The summed E-state index contributed by atoms with van der Waals surface area (Å²) in [6, 6.07) is 6.86. The lowest BCUT2D eigenvalue weighted by Crippen LogP contribution is -2.54. The van der Waals surface area contributed by atoms with E-state index in [0.29, 0.717) is 11.5 Å². The van der Waals surface area contributed by atoms with Crippen molar-refractivity contribution < 1.29 is 9.84 Å². The monoisotopic (exact) mass is 334 g/mol. The molecule has 0 radical (unpaired) electrons. The number of methoxy groups -OCH3 is 1. The van der Waals surface area contributed by atoms with Crippen molar-refractivity contribution in [3.05, 3.63) is 29.3 Å². The molecule has 1 saturated heterocycles. The number of rotatable bonds is 6. The number of benzene rings is 1. The first-order valence-corrected chi connectivity index (χ1v) is 9.03. The minimum Gasteiger partial charge on any atom is -0.496 e. The van der Waals surface area contributed by atoms with E-state index in [9.17, 15) is 5.11 Å². The second-order valence-electron chi connectivity index (χ2n) is 8.24. The first kappa shape index (κ1) is 19.2. The van der Waals surface area contributed by atoms with Gasteiger partial charge in [-0.2, -0.15) is 0 Å². The predicted molar refractivity (Wildman–Crippen MR) is 99.5 cm³/mol. The molecule has 0 aromatic heterocycles. The lowest BCUT2D eigenvalue weighted by molar-refractivity contribution is 0.0381. The van der Waals surface area contributed by atoms with E-state index in [1.54, 1.807) is 7.11 Å². The molecule has 0 saturated carbocycles. The van der Waals surface area contributed by atoms with Crippen LogP contribution in [0.1, 0.15) is 38.3 Å². The molecule has 1 aliphatic rings. The van der Waals surface area contributed by atoms with Gasteiger partial charge >= 0.3 is 0 Å². The average Bonchev–Trinajstić information content (AvgIpc) is 2.49. The van der Waals surface area contributed by atoms with Crippen LogP contribution >= 0.6 is 0 Å². The van der Waals surface area contributed by atoms with Crippen molar-refractivity contribution in [2.75, 3.05) is 39.9 Å². The highest BCUT2D eigenvalue weighted by Crippen LogP contribution is 2.23. The number of hydrogen-bond donors (Lipinski definition) is 1. The normalized spacial score (nSPS) is 20.3. The van der Waals surface area contributed by atoms with Gasteiger partial charge in [-0.15, -0.1) is 0 Å². The maximum absolute atomic E-state index is 9.47. The predicted octanol–water partition coefficient (Wildman–Crippen LogP) is 2.92. The Morgan fingerprint density at radius 2 is 2.00 bits per heavy atom. The van der Waals surface area contributed by atoms with E-state index in [1.807, 2.05) is 0 Å². The summed E-state index contributed by atoms with van der Waals surface area (Å²) in [4.78, 5) is 5.08. The summed E-state index contributed by atoms with van der Waals surface area (Å²) in [7, 11) is 1.72. The topological polar surface area (TPSA) is 35.9 Å². The van der Waals surface area contributed by atoms with E-state index in [-0.39, 0.29) is 6.61 Å². The highest BCUT2D eigenvalue weighted by molar-refractivity contribution is 5.36. The number of aryl methyl sites for hydroxylation is 1. The van der Waals surface area contributed by atoms with Crippen LogP contribution in [0.3, 0.4) is 0 Å². The molecule has 1 aromatic rings. The molecular formula is C20H34N2O2. The smallest absolute Gasteiger partial charge is 0.121 e. The number of nitrogens with zero attached hydrogens (tertiary/aromatic N) is 2. The van der Waals surface area contributed by atoms with E-state index >= 15 is 0 Å². The van der Waals surface area contributed by atoms with Gasteiger partial charge < -0.3 is 9.84 Å². The Labute approximate surface area is 147 Å². The quantitative estimate of drug-likeness (QED) is 0.868. The first-order chi connectivity index (χ1) is 11.3. The van der Waals surface area contributed by atoms with Gasteiger partial charge in [0.2, 0.25) is 0 Å². The van der Waals surface area contributed by atoms with Crippen LogP contribution in [0.15, 0.2) is 18.2 Å². The molecule has 0 unspecified atom stereocenters. The van der Waals surface area contributed by atoms with Crippen LogP contribution in [0.4, 0.5) is 0 Å². The van der Waals surface area contributed by atoms with Crippen LogP contribution in [0, 0.1) is 12.3 Å². The van der Waals surface area contributed by atoms with Crippen LogP contribution in [-0.4, -0.2) is 60.8 Å². The van der Waals surface area contributed by atoms with Gasteiger partial charge in [0.05, 0.1) is 7.11 Å². The van der Waals surface area contributed by atoms with Gasteiger partial charge in [-0.25, -0.2) is 0 Å². The zero-order valence-electron chi connectivity index (χ0n) is 16.0. The standard InChI is InChI=1S/C20H34N2O2/c1-16-12-17(6-7-19(16)24-5)13-22-10-9-21(15-20(2,3)4)14-18(22)8-11-23/h6-7,12,18,23H,8-11,13-15H2,1-5H3/t18-/m0/s1. The van der Waals surface area contributed by atoms with Crippen LogP contribution in [-0.2, 0) is 6.54 Å². The summed E-state index contributed by atoms with van der Waals surface area (Å²) < 4.78 is 5.36. The third kappa shape index (κ3) is 5.47. The van der Waals surface area contributed by atoms with Gasteiger partial charge in [0.15, 0.2) is 0 Å². The minimum absolute atomic E-state index is 0.256. The largest absolute Gasteiger partial charge is 0.496 e. The first-order valence-electron chi connectivity index (χ1n) is 9.03. The van der Waals surface area contributed by atoms with E-state index in [4.69, 9.17) is 4.74 Å². The van der Waals surface area contributed by atoms with Crippen molar-refractivity contribution >= 4 is 0 Å². The van der Waals surface area contributed by atoms with E-state index < -0.39 is 0 Å². The third-order valence-electron chi connectivity index (χ3n) is 4.69. The Balaban J connectivity index is 2.02. The summed E-state index contributed by atoms with van der Waals surface area (Å²) in [6.45, 7) is 14.5. The fourth-order valence-corrected chi connectivity index (χ4v) is 3.68. The van der Waals surface area contributed by atoms with Gasteiger partial charge in [0.1, 0.15) is 5.75 Å². The second kappa shape index (κ2) is 8.32. The van der Waals surface area contributed by atoms with Gasteiger partial charge in [0.25, 0.3) is 0 Å². The fourth-order valence-electron chi connectivity index (χ4n) is 3.68. The molecule has 0 amide bonds. The molecule has 1 N–H and O–H groups in total. The molecule has 24 heavy (non-hydrogen) atoms. The lowest BCUT2D eigenvalue weighted by atomic mass is 9.95. The Hall–Kier alpha value is -1.10. The van der Waals surface area contributed by atoms with E-state index in [1.165, 1.54) is 11.1 Å². The minimum atomic E-state index is 0.256. The average molecular weight is 335 g/mol. The Kier molecular flexibility index (Phi) is 6.67. The van der Waals surface area contributed by atoms with Gasteiger partial charge in [-0.3, -0.25) is 9.80 Å². The highest BCUT2D eigenvalue weighted by atomic mass is 16.5. The number of aliphatic hydroxyl groups excluding tert-OH is 1. The van der Waals surface area contributed by atoms with Crippen molar-refractivity contribution in [2.24, 2.45) is 5.41 Å². The summed E-state index contributed by atoms with van der Waals surface area (Å²) in [5.41, 5.74) is 2.82. The fraction of sp³-hybridized carbons (Fsp3) is 0.700. The van der Waals surface area contributed by atoms with Crippen LogP contribution in [0.25, 0.3) is 0 Å². The number of hydrogen-bond acceptors (Lipinski definition) is 4. The van der Waals surface area contributed by atoms with Crippen LogP contribution < -0.4 is 4.74 Å². The SMILES string of the molecule is COc1ccc(CN2CCN(CC(C)(C)C)C[C@@H]2CCO)cc1C. The molecule has 4 heteroatoms. The molecule has 2 rings (SSSR count). The molecule has 0 aliphatic carbocycles. The Bertz CT molecular complexity index is 525.